The van der Waals surface area contributed by atoms with Gasteiger partial charge in [-0.1, -0.05) is 46.3 Å². The predicted octanol–water partition coefficient (Wildman–Crippen LogP) is 3.42. The number of rotatable bonds is 6. The van der Waals surface area contributed by atoms with Crippen molar-refractivity contribution in [3.63, 3.8) is 0 Å². The number of benzene rings is 2. The number of fused-ring (bicyclic) bond motifs is 1. The van der Waals surface area contributed by atoms with Crippen LogP contribution in [0.2, 0.25) is 0 Å². The number of nitrogens with zero attached hydrogens (tertiary/aromatic N) is 4. The molecule has 8 nitrogen and oxygen atoms in total. The van der Waals surface area contributed by atoms with Gasteiger partial charge in [-0.25, -0.2) is 4.79 Å². The zero-order valence-electron chi connectivity index (χ0n) is 17.1. The molecule has 2 heterocycles. The van der Waals surface area contributed by atoms with Gasteiger partial charge in [0.05, 0.1) is 6.54 Å². The molecule has 0 saturated heterocycles. The minimum absolute atomic E-state index is 0.116. The highest BCUT2D eigenvalue weighted by molar-refractivity contribution is 9.10. The van der Waals surface area contributed by atoms with Gasteiger partial charge in [-0.05, 0) is 36.2 Å². The minimum Gasteiger partial charge on any atom is -0.476 e. The van der Waals surface area contributed by atoms with Crippen LogP contribution in [0.15, 0.2) is 65.1 Å². The van der Waals surface area contributed by atoms with Gasteiger partial charge in [-0.15, -0.1) is 0 Å². The Balaban J connectivity index is 1.58. The van der Waals surface area contributed by atoms with Crippen molar-refractivity contribution in [3.05, 3.63) is 82.1 Å². The number of carboxylic acids is 1. The molecular weight excluding hydrogens is 476 g/mol. The molecule has 3 aromatic rings. The van der Waals surface area contributed by atoms with E-state index < -0.39 is 11.9 Å². The minimum atomic E-state index is -1.19. The first-order chi connectivity index (χ1) is 15.4. The van der Waals surface area contributed by atoms with Gasteiger partial charge < -0.3 is 14.9 Å². The summed E-state index contributed by atoms with van der Waals surface area (Å²) in [4.78, 5) is 40.8. The normalized spacial score (nSPS) is 13.4. The van der Waals surface area contributed by atoms with Crippen molar-refractivity contribution in [2.24, 2.45) is 0 Å². The van der Waals surface area contributed by atoms with Crippen LogP contribution in [-0.4, -0.2) is 50.7 Å². The lowest BCUT2D eigenvalue weighted by molar-refractivity contribution is -0.119. The summed E-state index contributed by atoms with van der Waals surface area (Å²) in [6, 6.07) is 18.3. The molecule has 0 fully saturated rings. The molecule has 0 aliphatic carbocycles. The average Bonchev–Trinajstić information content (AvgIpc) is 3.16. The highest BCUT2D eigenvalue weighted by atomic mass is 79.9. The molecule has 0 saturated carbocycles. The Bertz CT molecular complexity index is 1140. The summed E-state index contributed by atoms with van der Waals surface area (Å²) in [5.41, 5.74) is 1.70. The molecule has 4 rings (SSSR count). The van der Waals surface area contributed by atoms with E-state index in [1.54, 1.807) is 4.90 Å². The van der Waals surface area contributed by atoms with Gasteiger partial charge in [0.2, 0.25) is 5.91 Å². The molecule has 164 valence electrons. The SMILES string of the molecule is O=C(O)c1cc2n(n1)CCCN(CC(=O)N(Cc1ccccc1)c1ccc(Br)cc1)C2=O. The third-order valence-corrected chi connectivity index (χ3v) is 5.78. The molecule has 2 amide bonds. The molecule has 1 aliphatic rings. The Morgan fingerprint density at radius 2 is 1.78 bits per heavy atom. The zero-order chi connectivity index (χ0) is 22.7. The van der Waals surface area contributed by atoms with Crippen LogP contribution in [0.25, 0.3) is 0 Å². The monoisotopic (exact) mass is 496 g/mol. The molecular formula is C23H21BrN4O4. The van der Waals surface area contributed by atoms with Crippen LogP contribution >= 0.6 is 15.9 Å². The summed E-state index contributed by atoms with van der Waals surface area (Å²) in [6.07, 6.45) is 0.573. The van der Waals surface area contributed by atoms with Crippen LogP contribution in [0.1, 0.15) is 33.0 Å². The number of aromatic nitrogens is 2. The number of carboxylic acid groups (broad SMARTS) is 1. The third-order valence-electron chi connectivity index (χ3n) is 5.25. The van der Waals surface area contributed by atoms with Gasteiger partial charge in [0.15, 0.2) is 5.69 Å². The molecule has 32 heavy (non-hydrogen) atoms. The summed E-state index contributed by atoms with van der Waals surface area (Å²) >= 11 is 3.42. The van der Waals surface area contributed by atoms with E-state index in [9.17, 15) is 19.5 Å². The van der Waals surface area contributed by atoms with Crippen molar-refractivity contribution in [2.75, 3.05) is 18.0 Å². The molecule has 0 bridgehead atoms. The van der Waals surface area contributed by atoms with Gasteiger partial charge in [-0.2, -0.15) is 5.10 Å². The van der Waals surface area contributed by atoms with Crippen LogP contribution in [0.3, 0.4) is 0 Å². The lowest BCUT2D eigenvalue weighted by atomic mass is 10.2. The van der Waals surface area contributed by atoms with E-state index in [0.29, 0.717) is 26.1 Å². The van der Waals surface area contributed by atoms with Crippen molar-refractivity contribution in [3.8, 4) is 0 Å². The van der Waals surface area contributed by atoms with Gasteiger partial charge in [0.1, 0.15) is 12.2 Å². The first kappa shape index (κ1) is 21.8. The molecule has 0 radical (unpaired) electrons. The fourth-order valence-corrected chi connectivity index (χ4v) is 3.91. The quantitative estimate of drug-likeness (QED) is 0.563. The number of carbonyl (C=O) groups is 3. The first-order valence-corrected chi connectivity index (χ1v) is 10.9. The van der Waals surface area contributed by atoms with E-state index in [-0.39, 0.29) is 23.8 Å². The van der Waals surface area contributed by atoms with Crippen LogP contribution in [0, 0.1) is 0 Å². The van der Waals surface area contributed by atoms with Crippen molar-refractivity contribution in [1.82, 2.24) is 14.7 Å². The second-order valence-corrected chi connectivity index (χ2v) is 8.38. The van der Waals surface area contributed by atoms with Gasteiger partial charge >= 0.3 is 5.97 Å². The Labute approximate surface area is 193 Å². The summed E-state index contributed by atoms with van der Waals surface area (Å²) < 4.78 is 2.31. The summed E-state index contributed by atoms with van der Waals surface area (Å²) in [7, 11) is 0. The summed E-state index contributed by atoms with van der Waals surface area (Å²) in [5, 5.41) is 13.2. The standard InChI is InChI=1S/C23H21BrN4O4/c24-17-7-9-18(10-8-17)27(14-16-5-2-1-3-6-16)21(29)15-26-11-4-12-28-20(22(26)30)13-19(25-28)23(31)32/h1-3,5-10,13H,4,11-12,14-15H2,(H,31,32). The van der Waals surface area contributed by atoms with Crippen molar-refractivity contribution >= 4 is 39.4 Å². The fraction of sp³-hybridized carbons (Fsp3) is 0.217. The first-order valence-electron chi connectivity index (χ1n) is 10.1. The van der Waals surface area contributed by atoms with E-state index in [4.69, 9.17) is 0 Å². The van der Waals surface area contributed by atoms with Crippen LogP contribution in [0.4, 0.5) is 5.69 Å². The van der Waals surface area contributed by atoms with E-state index in [0.717, 1.165) is 15.7 Å². The summed E-state index contributed by atoms with van der Waals surface area (Å²) in [5.74, 6) is -1.81. The third kappa shape index (κ3) is 4.72. The van der Waals surface area contributed by atoms with Crippen LogP contribution in [-0.2, 0) is 17.9 Å². The topological polar surface area (TPSA) is 95.7 Å². The number of aromatic carboxylic acids is 1. The average molecular weight is 497 g/mol. The molecule has 9 heteroatoms. The van der Waals surface area contributed by atoms with Gasteiger partial charge in [0.25, 0.3) is 5.91 Å². The van der Waals surface area contributed by atoms with Gasteiger partial charge in [0, 0.05) is 29.3 Å². The molecule has 0 unspecified atom stereocenters. The second kappa shape index (κ2) is 9.35. The van der Waals surface area contributed by atoms with Crippen molar-refractivity contribution < 1.29 is 19.5 Å². The second-order valence-electron chi connectivity index (χ2n) is 7.47. The number of halogens is 1. The summed E-state index contributed by atoms with van der Waals surface area (Å²) in [6.45, 7) is 1.05. The van der Waals surface area contributed by atoms with Gasteiger partial charge in [-0.3, -0.25) is 14.3 Å². The maximum absolute atomic E-state index is 13.4. The Morgan fingerprint density at radius 3 is 2.47 bits per heavy atom. The zero-order valence-corrected chi connectivity index (χ0v) is 18.7. The fourth-order valence-electron chi connectivity index (χ4n) is 3.65. The molecule has 1 aromatic heterocycles. The molecule has 0 spiro atoms. The number of hydrogen-bond donors (Lipinski definition) is 1. The van der Waals surface area contributed by atoms with E-state index in [1.165, 1.54) is 15.6 Å². The number of hydrogen-bond acceptors (Lipinski definition) is 4. The Kier molecular flexibility index (Phi) is 6.36. The number of carbonyl (C=O) groups excluding carboxylic acids is 2. The Hall–Kier alpha value is -3.46. The maximum atomic E-state index is 13.4. The molecule has 1 N–H and O–H groups in total. The highest BCUT2D eigenvalue weighted by Crippen LogP contribution is 2.22. The highest BCUT2D eigenvalue weighted by Gasteiger charge is 2.29. The molecule has 0 atom stereocenters. The predicted molar refractivity (Wildman–Crippen MR) is 121 cm³/mol. The van der Waals surface area contributed by atoms with Crippen molar-refractivity contribution in [2.45, 2.75) is 19.5 Å². The lowest BCUT2D eigenvalue weighted by Crippen LogP contribution is -2.43. The Morgan fingerprint density at radius 1 is 1.06 bits per heavy atom. The maximum Gasteiger partial charge on any atom is 0.356 e. The van der Waals surface area contributed by atoms with E-state index >= 15 is 0 Å². The smallest absolute Gasteiger partial charge is 0.356 e. The van der Waals surface area contributed by atoms with Crippen LogP contribution < -0.4 is 4.90 Å². The van der Waals surface area contributed by atoms with E-state index in [2.05, 4.69) is 21.0 Å². The number of aryl methyl sites for hydroxylation is 1. The largest absolute Gasteiger partial charge is 0.476 e. The van der Waals surface area contributed by atoms with Crippen LogP contribution in [0.5, 0.6) is 0 Å². The van der Waals surface area contributed by atoms with E-state index in [1.807, 2.05) is 54.6 Å². The van der Waals surface area contributed by atoms with Crippen molar-refractivity contribution in [1.29, 1.82) is 0 Å². The lowest BCUT2D eigenvalue weighted by Gasteiger charge is -2.27. The number of amides is 2. The number of anilines is 1. The molecule has 2 aromatic carbocycles. The molecule has 1 aliphatic heterocycles.